The maximum atomic E-state index is 9.50. The number of hydrogen-bond acceptors (Lipinski definition) is 4. The molecule has 0 unspecified atom stereocenters. The minimum absolute atomic E-state index is 0.362. The summed E-state index contributed by atoms with van der Waals surface area (Å²) in [5, 5.41) is 19.0. The number of benzene rings is 2. The van der Waals surface area contributed by atoms with Crippen molar-refractivity contribution in [3.63, 3.8) is 0 Å². The van der Waals surface area contributed by atoms with E-state index in [9.17, 15) is 10.2 Å². The third-order valence-corrected chi connectivity index (χ3v) is 3.97. The Labute approximate surface area is 146 Å². The van der Waals surface area contributed by atoms with Gasteiger partial charge in [0.2, 0.25) is 0 Å². The van der Waals surface area contributed by atoms with E-state index in [2.05, 4.69) is 37.5 Å². The van der Waals surface area contributed by atoms with Crippen LogP contribution in [0, 0.1) is 0 Å². The first-order valence-corrected chi connectivity index (χ1v) is 8.64. The van der Waals surface area contributed by atoms with Crippen LogP contribution in [-0.2, 0) is 0 Å². The fourth-order valence-electron chi connectivity index (χ4n) is 2.59. The van der Waals surface area contributed by atoms with Crippen LogP contribution < -0.4 is 9.80 Å². The number of rotatable bonds is 6. The van der Waals surface area contributed by atoms with Gasteiger partial charge in [-0.2, -0.15) is 0 Å². The molecule has 4 nitrogen and oxygen atoms in total. The molecule has 2 aromatic carbocycles. The molecule has 4 heteroatoms. The maximum absolute atomic E-state index is 9.50. The molecular formula is C20H30N2O2. The predicted molar refractivity (Wildman–Crippen MR) is 103 cm³/mol. The van der Waals surface area contributed by atoms with E-state index in [4.69, 9.17) is 0 Å². The first-order chi connectivity index (χ1) is 11.6. The van der Waals surface area contributed by atoms with Crippen LogP contribution >= 0.6 is 0 Å². The van der Waals surface area contributed by atoms with Crippen molar-refractivity contribution in [1.29, 1.82) is 0 Å². The average Bonchev–Trinajstić information content (AvgIpc) is 2.61. The zero-order chi connectivity index (χ0) is 17.9. The maximum Gasteiger partial charge on any atom is 0.138 e. The molecule has 0 atom stereocenters. The van der Waals surface area contributed by atoms with Gasteiger partial charge in [0.05, 0.1) is 11.4 Å². The Kier molecular flexibility index (Phi) is 8.55. The minimum atomic E-state index is 0.362. The molecule has 0 saturated heterocycles. The third kappa shape index (κ3) is 5.37. The van der Waals surface area contributed by atoms with Crippen molar-refractivity contribution in [2.45, 2.75) is 27.7 Å². The molecule has 0 aliphatic heterocycles. The molecule has 2 aromatic rings. The summed E-state index contributed by atoms with van der Waals surface area (Å²) in [4.78, 5) is 4.24. The second-order valence-corrected chi connectivity index (χ2v) is 5.32. The van der Waals surface area contributed by atoms with Crippen LogP contribution in [0.5, 0.6) is 11.5 Å². The molecule has 0 aliphatic rings. The number of nitrogens with zero attached hydrogens (tertiary/aromatic N) is 2. The summed E-state index contributed by atoms with van der Waals surface area (Å²) >= 11 is 0. The van der Waals surface area contributed by atoms with E-state index in [1.54, 1.807) is 12.1 Å². The molecule has 0 radical (unpaired) electrons. The van der Waals surface area contributed by atoms with Gasteiger partial charge in [-0.25, -0.2) is 0 Å². The largest absolute Gasteiger partial charge is 0.506 e. The number of phenols is 2. The SMILES string of the molecule is CCN(CC)c1ccccc1O.CCN(CC)c1ccccc1O. The minimum Gasteiger partial charge on any atom is -0.506 e. The molecule has 24 heavy (non-hydrogen) atoms. The van der Waals surface area contributed by atoms with E-state index in [1.165, 1.54) is 0 Å². The van der Waals surface area contributed by atoms with E-state index >= 15 is 0 Å². The summed E-state index contributed by atoms with van der Waals surface area (Å²) in [5.41, 5.74) is 1.84. The number of aromatic hydroxyl groups is 2. The Hall–Kier alpha value is -2.36. The van der Waals surface area contributed by atoms with Crippen LogP contribution in [-0.4, -0.2) is 36.4 Å². The van der Waals surface area contributed by atoms with Gasteiger partial charge in [0, 0.05) is 26.2 Å². The molecule has 2 rings (SSSR count). The van der Waals surface area contributed by atoms with Crippen LogP contribution in [0.2, 0.25) is 0 Å². The van der Waals surface area contributed by atoms with Gasteiger partial charge in [-0.3, -0.25) is 0 Å². The summed E-state index contributed by atoms with van der Waals surface area (Å²) < 4.78 is 0. The summed E-state index contributed by atoms with van der Waals surface area (Å²) in [6.07, 6.45) is 0. The number of hydrogen-bond donors (Lipinski definition) is 2. The van der Waals surface area contributed by atoms with E-state index < -0.39 is 0 Å². The van der Waals surface area contributed by atoms with Crippen LogP contribution in [0.1, 0.15) is 27.7 Å². The molecule has 0 fully saturated rings. The lowest BCUT2D eigenvalue weighted by molar-refractivity contribution is 0.473. The highest BCUT2D eigenvalue weighted by Crippen LogP contribution is 2.26. The van der Waals surface area contributed by atoms with E-state index in [0.717, 1.165) is 37.6 Å². The highest BCUT2D eigenvalue weighted by Gasteiger charge is 2.05. The van der Waals surface area contributed by atoms with Crippen molar-refractivity contribution in [2.75, 3.05) is 36.0 Å². The van der Waals surface area contributed by atoms with E-state index in [0.29, 0.717) is 11.5 Å². The van der Waals surface area contributed by atoms with Crippen molar-refractivity contribution in [3.05, 3.63) is 48.5 Å². The van der Waals surface area contributed by atoms with Gasteiger partial charge in [-0.15, -0.1) is 0 Å². The monoisotopic (exact) mass is 330 g/mol. The zero-order valence-electron chi connectivity index (χ0n) is 15.2. The standard InChI is InChI=1S/2C10H15NO/c2*1-3-11(4-2)9-7-5-6-8-10(9)12/h2*5-8,12H,3-4H2,1-2H3. The molecule has 132 valence electrons. The van der Waals surface area contributed by atoms with Crippen molar-refractivity contribution in [3.8, 4) is 11.5 Å². The predicted octanol–water partition coefficient (Wildman–Crippen LogP) is 4.48. The lowest BCUT2D eigenvalue weighted by atomic mass is 10.2. The first-order valence-electron chi connectivity index (χ1n) is 8.64. The number of anilines is 2. The summed E-state index contributed by atoms with van der Waals surface area (Å²) in [6.45, 7) is 12.0. The number of phenolic OH excluding ortho intramolecular Hbond substituents is 2. The molecule has 0 aliphatic carbocycles. The Morgan fingerprint density at radius 3 is 1.12 bits per heavy atom. The Bertz CT molecular complexity index is 540. The Balaban J connectivity index is 0.000000240. The van der Waals surface area contributed by atoms with Crippen molar-refractivity contribution < 1.29 is 10.2 Å². The van der Waals surface area contributed by atoms with E-state index in [1.807, 2.05) is 36.4 Å². The van der Waals surface area contributed by atoms with Gasteiger partial charge in [0.25, 0.3) is 0 Å². The van der Waals surface area contributed by atoms with Gasteiger partial charge in [-0.1, -0.05) is 24.3 Å². The number of para-hydroxylation sites is 4. The van der Waals surface area contributed by atoms with Crippen molar-refractivity contribution >= 4 is 11.4 Å². The highest BCUT2D eigenvalue weighted by atomic mass is 16.3. The molecule has 0 heterocycles. The molecule has 0 saturated carbocycles. The molecule has 0 aromatic heterocycles. The quantitative estimate of drug-likeness (QED) is 0.820. The third-order valence-electron chi connectivity index (χ3n) is 3.97. The lowest BCUT2D eigenvalue weighted by Crippen LogP contribution is -2.21. The molecular weight excluding hydrogens is 300 g/mol. The topological polar surface area (TPSA) is 46.9 Å². The second-order valence-electron chi connectivity index (χ2n) is 5.32. The Morgan fingerprint density at radius 1 is 0.583 bits per heavy atom. The lowest BCUT2D eigenvalue weighted by Gasteiger charge is -2.21. The van der Waals surface area contributed by atoms with Gasteiger partial charge in [0.15, 0.2) is 0 Å². The molecule has 0 amide bonds. The van der Waals surface area contributed by atoms with E-state index in [-0.39, 0.29) is 0 Å². The average molecular weight is 330 g/mol. The first kappa shape index (κ1) is 19.7. The Morgan fingerprint density at radius 2 is 0.875 bits per heavy atom. The second kappa shape index (κ2) is 10.4. The smallest absolute Gasteiger partial charge is 0.138 e. The van der Waals surface area contributed by atoms with Crippen molar-refractivity contribution in [1.82, 2.24) is 0 Å². The summed E-state index contributed by atoms with van der Waals surface area (Å²) in [7, 11) is 0. The highest BCUT2D eigenvalue weighted by molar-refractivity contribution is 5.58. The molecule has 2 N–H and O–H groups in total. The van der Waals surface area contributed by atoms with Gasteiger partial charge in [-0.05, 0) is 52.0 Å². The molecule has 0 bridgehead atoms. The summed E-state index contributed by atoms with van der Waals surface area (Å²) in [6, 6.07) is 14.8. The molecule has 0 spiro atoms. The van der Waals surface area contributed by atoms with Crippen LogP contribution in [0.25, 0.3) is 0 Å². The van der Waals surface area contributed by atoms with Gasteiger partial charge < -0.3 is 20.0 Å². The zero-order valence-corrected chi connectivity index (χ0v) is 15.2. The van der Waals surface area contributed by atoms with Gasteiger partial charge >= 0.3 is 0 Å². The van der Waals surface area contributed by atoms with Crippen LogP contribution in [0.3, 0.4) is 0 Å². The van der Waals surface area contributed by atoms with Crippen LogP contribution in [0.15, 0.2) is 48.5 Å². The fourth-order valence-corrected chi connectivity index (χ4v) is 2.59. The van der Waals surface area contributed by atoms with Crippen molar-refractivity contribution in [2.24, 2.45) is 0 Å². The fraction of sp³-hybridized carbons (Fsp3) is 0.400. The van der Waals surface area contributed by atoms with Gasteiger partial charge in [0.1, 0.15) is 11.5 Å². The normalized spacial score (nSPS) is 9.83. The van der Waals surface area contributed by atoms with Crippen LogP contribution in [0.4, 0.5) is 11.4 Å². The summed E-state index contributed by atoms with van der Waals surface area (Å²) in [5.74, 6) is 0.724.